The third kappa shape index (κ3) is 3.08. The molecular formula is C18H23N2O3S+. The van der Waals surface area contributed by atoms with Crippen LogP contribution in [0.4, 0.5) is 5.69 Å². The van der Waals surface area contributed by atoms with Gasteiger partial charge in [-0.1, -0.05) is 13.8 Å². The Labute approximate surface area is 142 Å². The summed E-state index contributed by atoms with van der Waals surface area (Å²) in [5, 5.41) is 1.12. The van der Waals surface area contributed by atoms with Gasteiger partial charge in [-0.3, -0.25) is 9.55 Å². The summed E-state index contributed by atoms with van der Waals surface area (Å²) in [6.45, 7) is 7.15. The standard InChI is InChI=1S/C18H22N2O3S/c1-13-18(2,3)15-8-9-16-14(17(15)19-13)7-6-11-20(16)10-4-5-12-24(21,22)23/h6-9,11H,4-5,10,12H2,1-3H3/p+1. The topological polar surface area (TPSA) is 70.6 Å². The predicted octanol–water partition coefficient (Wildman–Crippen LogP) is 3.18. The molecule has 0 radical (unpaired) electrons. The molecule has 1 aliphatic rings. The number of hydrogen-bond acceptors (Lipinski definition) is 3. The predicted molar refractivity (Wildman–Crippen MR) is 95.6 cm³/mol. The smallest absolute Gasteiger partial charge is 0.264 e. The molecule has 0 amide bonds. The molecule has 128 valence electrons. The zero-order chi connectivity index (χ0) is 17.5. The Morgan fingerprint density at radius 3 is 2.67 bits per heavy atom. The highest BCUT2D eigenvalue weighted by Gasteiger charge is 2.34. The molecule has 1 aliphatic heterocycles. The Morgan fingerprint density at radius 1 is 1.21 bits per heavy atom. The van der Waals surface area contributed by atoms with Crippen molar-refractivity contribution in [3.63, 3.8) is 0 Å². The van der Waals surface area contributed by atoms with Gasteiger partial charge < -0.3 is 0 Å². The first kappa shape index (κ1) is 17.0. The lowest BCUT2D eigenvalue weighted by Crippen LogP contribution is -2.34. The summed E-state index contributed by atoms with van der Waals surface area (Å²) in [4.78, 5) is 4.79. The van der Waals surface area contributed by atoms with E-state index in [1.807, 2.05) is 12.3 Å². The van der Waals surface area contributed by atoms with Crippen molar-refractivity contribution in [2.45, 2.75) is 45.6 Å². The van der Waals surface area contributed by atoms with Gasteiger partial charge in [-0.2, -0.15) is 13.0 Å². The molecule has 0 saturated carbocycles. The minimum absolute atomic E-state index is 0.0420. The van der Waals surface area contributed by atoms with E-state index in [4.69, 9.17) is 9.55 Å². The Kier molecular flexibility index (Phi) is 4.21. The largest absolute Gasteiger partial charge is 0.286 e. The quantitative estimate of drug-likeness (QED) is 0.513. The molecule has 1 aromatic heterocycles. The van der Waals surface area contributed by atoms with Crippen molar-refractivity contribution in [1.29, 1.82) is 0 Å². The number of nitrogens with zero attached hydrogens (tertiary/aromatic N) is 2. The number of aromatic nitrogens is 1. The number of pyridine rings is 1. The number of benzene rings is 1. The van der Waals surface area contributed by atoms with E-state index >= 15 is 0 Å². The molecule has 0 fully saturated rings. The summed E-state index contributed by atoms with van der Waals surface area (Å²) < 4.78 is 32.6. The number of aryl methyl sites for hydroxylation is 1. The van der Waals surface area contributed by atoms with Crippen LogP contribution in [0.2, 0.25) is 0 Å². The highest BCUT2D eigenvalue weighted by atomic mass is 32.2. The van der Waals surface area contributed by atoms with Crippen LogP contribution < -0.4 is 4.57 Å². The first-order valence-electron chi connectivity index (χ1n) is 8.17. The molecule has 1 aromatic carbocycles. The summed E-state index contributed by atoms with van der Waals surface area (Å²) >= 11 is 0. The van der Waals surface area contributed by atoms with Crippen LogP contribution in [0, 0.1) is 0 Å². The number of rotatable bonds is 5. The fraction of sp³-hybridized carbons (Fsp3) is 0.444. The fourth-order valence-corrected chi connectivity index (χ4v) is 3.79. The molecule has 2 heterocycles. The summed E-state index contributed by atoms with van der Waals surface area (Å²) in [5.74, 6) is -0.189. The van der Waals surface area contributed by atoms with E-state index in [2.05, 4.69) is 43.5 Å². The highest BCUT2D eigenvalue weighted by Crippen LogP contribution is 2.43. The molecule has 0 bridgehead atoms. The zero-order valence-electron chi connectivity index (χ0n) is 14.3. The molecule has 6 heteroatoms. The molecule has 3 rings (SSSR count). The number of hydrogen-bond donors (Lipinski definition) is 1. The van der Waals surface area contributed by atoms with E-state index in [0.29, 0.717) is 19.4 Å². The van der Waals surface area contributed by atoms with Gasteiger partial charge in [0.15, 0.2) is 6.20 Å². The number of fused-ring (bicyclic) bond motifs is 3. The maximum absolute atomic E-state index is 10.8. The van der Waals surface area contributed by atoms with Gasteiger partial charge in [0.2, 0.25) is 5.52 Å². The Bertz CT molecular complexity index is 931. The molecule has 0 saturated heterocycles. The van der Waals surface area contributed by atoms with Gasteiger partial charge in [0.25, 0.3) is 10.1 Å². The van der Waals surface area contributed by atoms with Crippen LogP contribution in [-0.2, 0) is 22.1 Å². The maximum Gasteiger partial charge on any atom is 0.264 e. The number of aliphatic imine (C=N–C) groups is 1. The summed E-state index contributed by atoms with van der Waals surface area (Å²) in [5.41, 5.74) is 4.46. The molecule has 5 nitrogen and oxygen atoms in total. The second kappa shape index (κ2) is 5.93. The van der Waals surface area contributed by atoms with Gasteiger partial charge >= 0.3 is 0 Å². The normalized spacial score (nSPS) is 16.2. The third-order valence-corrected chi connectivity index (χ3v) is 5.75. The van der Waals surface area contributed by atoms with Gasteiger partial charge in [0.05, 0.1) is 16.8 Å². The third-order valence-electron chi connectivity index (χ3n) is 4.94. The summed E-state index contributed by atoms with van der Waals surface area (Å²) in [6.07, 6.45) is 3.13. The van der Waals surface area contributed by atoms with Crippen molar-refractivity contribution in [2.75, 3.05) is 5.75 Å². The average molecular weight is 347 g/mol. The molecule has 0 spiro atoms. The lowest BCUT2D eigenvalue weighted by Gasteiger charge is -2.19. The van der Waals surface area contributed by atoms with Gasteiger partial charge in [-0.15, -0.1) is 0 Å². The van der Waals surface area contributed by atoms with Crippen LogP contribution in [0.3, 0.4) is 0 Å². The minimum Gasteiger partial charge on any atom is -0.286 e. The highest BCUT2D eigenvalue weighted by molar-refractivity contribution is 7.85. The van der Waals surface area contributed by atoms with Crippen molar-refractivity contribution >= 4 is 32.4 Å². The molecule has 2 aromatic rings. The van der Waals surface area contributed by atoms with Crippen LogP contribution in [0.1, 0.15) is 39.2 Å². The molecule has 1 N–H and O–H groups in total. The van der Waals surface area contributed by atoms with Crippen LogP contribution in [0.15, 0.2) is 35.5 Å². The summed E-state index contributed by atoms with van der Waals surface area (Å²) in [7, 11) is -3.88. The zero-order valence-corrected chi connectivity index (χ0v) is 15.1. The average Bonchev–Trinajstić information content (AvgIpc) is 2.73. The first-order chi connectivity index (χ1) is 11.2. The van der Waals surface area contributed by atoms with Gasteiger partial charge in [-0.25, -0.2) is 0 Å². The lowest BCUT2D eigenvalue weighted by atomic mass is 9.82. The van der Waals surface area contributed by atoms with Crippen LogP contribution in [0.5, 0.6) is 0 Å². The monoisotopic (exact) mass is 347 g/mol. The van der Waals surface area contributed by atoms with Crippen molar-refractivity contribution in [3.8, 4) is 0 Å². The Morgan fingerprint density at radius 2 is 1.96 bits per heavy atom. The molecule has 0 atom stereocenters. The fourth-order valence-electron chi connectivity index (χ4n) is 3.22. The van der Waals surface area contributed by atoms with E-state index in [0.717, 1.165) is 22.3 Å². The lowest BCUT2D eigenvalue weighted by molar-refractivity contribution is -0.671. The van der Waals surface area contributed by atoms with Crippen LogP contribution >= 0.6 is 0 Å². The van der Waals surface area contributed by atoms with Crippen LogP contribution in [-0.4, -0.2) is 24.4 Å². The molecular weight excluding hydrogens is 324 g/mol. The minimum atomic E-state index is -3.88. The maximum atomic E-state index is 10.8. The molecule has 0 unspecified atom stereocenters. The second-order valence-electron chi connectivity index (χ2n) is 6.91. The second-order valence-corrected chi connectivity index (χ2v) is 8.48. The van der Waals surface area contributed by atoms with Gasteiger partial charge in [0, 0.05) is 29.7 Å². The van der Waals surface area contributed by atoms with Gasteiger partial charge in [-0.05, 0) is 31.0 Å². The number of unbranched alkanes of at least 4 members (excludes halogenated alkanes) is 1. The molecule has 24 heavy (non-hydrogen) atoms. The van der Waals surface area contributed by atoms with Crippen molar-refractivity contribution < 1.29 is 17.5 Å². The molecule has 0 aliphatic carbocycles. The summed E-state index contributed by atoms with van der Waals surface area (Å²) in [6, 6.07) is 8.35. The van der Waals surface area contributed by atoms with E-state index in [1.165, 1.54) is 5.56 Å². The Balaban J connectivity index is 1.91. The van der Waals surface area contributed by atoms with Crippen molar-refractivity contribution in [3.05, 3.63) is 36.0 Å². The van der Waals surface area contributed by atoms with E-state index in [-0.39, 0.29) is 11.2 Å². The van der Waals surface area contributed by atoms with Gasteiger partial charge in [0.1, 0.15) is 6.54 Å². The van der Waals surface area contributed by atoms with Crippen LogP contribution in [0.25, 0.3) is 10.9 Å². The van der Waals surface area contributed by atoms with Crippen molar-refractivity contribution in [2.24, 2.45) is 4.99 Å². The Hall–Kier alpha value is -1.79. The first-order valence-corrected chi connectivity index (χ1v) is 9.78. The van der Waals surface area contributed by atoms with E-state index in [1.54, 1.807) is 0 Å². The van der Waals surface area contributed by atoms with E-state index in [9.17, 15) is 8.42 Å². The van der Waals surface area contributed by atoms with E-state index < -0.39 is 10.1 Å². The SMILES string of the molecule is CC1=Nc2c(ccc3c2ccc[n+]3CCCCS(=O)(=O)O)C1(C)C. The van der Waals surface area contributed by atoms with Crippen molar-refractivity contribution in [1.82, 2.24) is 0 Å².